The summed E-state index contributed by atoms with van der Waals surface area (Å²) in [5.41, 5.74) is 0. The molecule has 1 N–H and O–H groups in total. The topological polar surface area (TPSA) is 32.3 Å². The molecule has 0 aromatic heterocycles. The van der Waals surface area contributed by atoms with Crippen LogP contribution in [0.25, 0.3) is 0 Å². The Hall–Kier alpha value is -0.640. The molecule has 1 amide bonds. The zero-order valence-electron chi connectivity index (χ0n) is 5.64. The van der Waals surface area contributed by atoms with Crippen molar-refractivity contribution in [3.05, 3.63) is 6.67 Å². The van der Waals surface area contributed by atoms with Gasteiger partial charge in [0.2, 0.25) is 6.67 Å². The molecule has 3 nitrogen and oxygen atoms in total. The maximum absolute atomic E-state index is 11.6. The Morgan fingerprint density at radius 2 is 2.10 bits per heavy atom. The van der Waals surface area contributed by atoms with Gasteiger partial charge in [-0.25, -0.2) is 4.39 Å². The van der Waals surface area contributed by atoms with Crippen LogP contribution in [0.3, 0.4) is 0 Å². The molecule has 1 radical (unpaired) electrons. The molecule has 0 spiro atoms. The molecule has 0 aliphatic carbocycles. The van der Waals surface area contributed by atoms with Crippen molar-refractivity contribution < 1.29 is 9.18 Å². The van der Waals surface area contributed by atoms with Gasteiger partial charge in [-0.05, 0) is 0 Å². The van der Waals surface area contributed by atoms with Gasteiger partial charge in [0.1, 0.15) is 0 Å². The van der Waals surface area contributed by atoms with E-state index in [-0.39, 0.29) is 6.67 Å². The second-order valence-electron chi connectivity index (χ2n) is 2.18. The van der Waals surface area contributed by atoms with E-state index in [9.17, 15) is 9.18 Å². The predicted molar refractivity (Wildman–Crippen MR) is 34.9 cm³/mol. The highest BCUT2D eigenvalue weighted by Crippen LogP contribution is 1.95. The van der Waals surface area contributed by atoms with Crippen LogP contribution in [0.4, 0.5) is 4.39 Å². The molecular formula is C6H10FN2O. The third kappa shape index (κ3) is 1.67. The summed E-state index contributed by atoms with van der Waals surface area (Å²) in [6.07, 6.45) is 0. The Bertz CT molecular complexity index is 123. The van der Waals surface area contributed by atoms with Crippen molar-refractivity contribution in [1.82, 2.24) is 10.2 Å². The minimum absolute atomic E-state index is 0.116. The van der Waals surface area contributed by atoms with Crippen molar-refractivity contribution in [1.29, 1.82) is 0 Å². The van der Waals surface area contributed by atoms with Crippen molar-refractivity contribution in [3.63, 3.8) is 0 Å². The summed E-state index contributed by atoms with van der Waals surface area (Å²) in [6, 6.07) is 0. The monoisotopic (exact) mass is 145 g/mol. The molecule has 10 heavy (non-hydrogen) atoms. The van der Waals surface area contributed by atoms with E-state index in [1.165, 1.54) is 4.90 Å². The van der Waals surface area contributed by atoms with Gasteiger partial charge in [0.05, 0.1) is 0 Å². The maximum Gasteiger partial charge on any atom is 0.260 e. The number of nitrogens with zero attached hydrogens (tertiary/aromatic N) is 1. The van der Waals surface area contributed by atoms with Crippen molar-refractivity contribution in [2.45, 2.75) is 0 Å². The van der Waals surface area contributed by atoms with Crippen LogP contribution in [-0.2, 0) is 4.79 Å². The van der Waals surface area contributed by atoms with Crippen LogP contribution in [0.2, 0.25) is 0 Å². The number of hydrogen-bond donors (Lipinski definition) is 1. The van der Waals surface area contributed by atoms with Gasteiger partial charge in [-0.2, -0.15) is 0 Å². The average molecular weight is 145 g/mol. The molecule has 57 valence electrons. The van der Waals surface area contributed by atoms with E-state index in [0.29, 0.717) is 13.1 Å². The molecule has 0 aromatic carbocycles. The first-order valence-corrected chi connectivity index (χ1v) is 3.27. The quantitative estimate of drug-likeness (QED) is 0.542. The number of hydrogen-bond acceptors (Lipinski definition) is 2. The molecule has 1 heterocycles. The molecule has 0 aromatic rings. The lowest BCUT2D eigenvalue weighted by atomic mass is 10.3. The van der Waals surface area contributed by atoms with Crippen molar-refractivity contribution in [3.8, 4) is 0 Å². The summed E-state index contributed by atoms with van der Waals surface area (Å²) in [5.74, 6) is -0.512. The maximum atomic E-state index is 11.6. The largest absolute Gasteiger partial charge is 0.338 e. The van der Waals surface area contributed by atoms with Gasteiger partial charge < -0.3 is 10.2 Å². The van der Waals surface area contributed by atoms with E-state index in [4.69, 9.17) is 0 Å². The zero-order chi connectivity index (χ0) is 7.40. The van der Waals surface area contributed by atoms with Crippen molar-refractivity contribution >= 4 is 5.91 Å². The van der Waals surface area contributed by atoms with Gasteiger partial charge in [0, 0.05) is 26.2 Å². The minimum Gasteiger partial charge on any atom is -0.338 e. The number of nitrogens with one attached hydrogen (secondary N) is 1. The lowest BCUT2D eigenvalue weighted by Crippen LogP contribution is -2.46. The highest BCUT2D eigenvalue weighted by atomic mass is 19.1. The Kier molecular flexibility index (Phi) is 2.62. The Morgan fingerprint density at radius 3 is 2.60 bits per heavy atom. The second kappa shape index (κ2) is 3.51. The summed E-state index contributed by atoms with van der Waals surface area (Å²) in [5, 5.41) is 3.06. The van der Waals surface area contributed by atoms with Gasteiger partial charge in [-0.15, -0.1) is 0 Å². The fraction of sp³-hybridized carbons (Fsp3) is 0.667. The van der Waals surface area contributed by atoms with Crippen LogP contribution >= 0.6 is 0 Å². The highest BCUT2D eigenvalue weighted by Gasteiger charge is 2.15. The SMILES string of the molecule is O=C([CH]F)N1CCNCC1. The van der Waals surface area contributed by atoms with Gasteiger partial charge >= 0.3 is 0 Å². The minimum atomic E-state index is -0.512. The summed E-state index contributed by atoms with van der Waals surface area (Å²) in [7, 11) is 0. The summed E-state index contributed by atoms with van der Waals surface area (Å²) in [6.45, 7) is 2.86. The lowest BCUT2D eigenvalue weighted by Gasteiger charge is -2.25. The van der Waals surface area contributed by atoms with E-state index in [1.54, 1.807) is 0 Å². The smallest absolute Gasteiger partial charge is 0.260 e. The molecule has 4 heteroatoms. The van der Waals surface area contributed by atoms with Crippen molar-refractivity contribution in [2.75, 3.05) is 26.2 Å². The van der Waals surface area contributed by atoms with E-state index in [0.717, 1.165) is 13.1 Å². The average Bonchev–Trinajstić information content (AvgIpc) is 2.05. The van der Waals surface area contributed by atoms with Crippen LogP contribution in [0, 0.1) is 6.67 Å². The summed E-state index contributed by atoms with van der Waals surface area (Å²) < 4.78 is 11.6. The molecule has 0 saturated carbocycles. The van der Waals surface area contributed by atoms with Crippen molar-refractivity contribution in [2.24, 2.45) is 0 Å². The zero-order valence-corrected chi connectivity index (χ0v) is 5.64. The van der Waals surface area contributed by atoms with Gasteiger partial charge in [0.25, 0.3) is 5.91 Å². The molecule has 1 fully saturated rings. The van der Waals surface area contributed by atoms with Crippen LogP contribution < -0.4 is 5.32 Å². The highest BCUT2D eigenvalue weighted by molar-refractivity contribution is 5.83. The number of carbonyl (C=O) groups is 1. The molecule has 0 bridgehead atoms. The Labute approximate surface area is 59.2 Å². The first kappa shape index (κ1) is 7.47. The molecule has 1 saturated heterocycles. The fourth-order valence-corrected chi connectivity index (χ4v) is 0.954. The molecule has 1 aliphatic heterocycles. The van der Waals surface area contributed by atoms with E-state index < -0.39 is 5.91 Å². The Balaban J connectivity index is 2.31. The standard InChI is InChI=1S/C6H10FN2O/c7-5-6(10)9-3-1-8-2-4-9/h5,8H,1-4H2. The fourth-order valence-electron chi connectivity index (χ4n) is 0.954. The van der Waals surface area contributed by atoms with E-state index >= 15 is 0 Å². The van der Waals surface area contributed by atoms with Gasteiger partial charge in [-0.3, -0.25) is 4.79 Å². The molecular weight excluding hydrogens is 135 g/mol. The number of piperazine rings is 1. The number of rotatable bonds is 1. The lowest BCUT2D eigenvalue weighted by molar-refractivity contribution is -0.129. The van der Waals surface area contributed by atoms with Crippen LogP contribution in [-0.4, -0.2) is 37.0 Å². The number of carbonyl (C=O) groups excluding carboxylic acids is 1. The molecule has 1 rings (SSSR count). The molecule has 1 aliphatic rings. The number of amides is 1. The first-order chi connectivity index (χ1) is 4.84. The number of halogens is 1. The second-order valence-corrected chi connectivity index (χ2v) is 2.18. The summed E-state index contributed by atoms with van der Waals surface area (Å²) >= 11 is 0. The first-order valence-electron chi connectivity index (χ1n) is 3.27. The van der Waals surface area contributed by atoms with E-state index in [2.05, 4.69) is 5.32 Å². The van der Waals surface area contributed by atoms with E-state index in [1.807, 2.05) is 0 Å². The normalized spacial score (nSPS) is 19.1. The Morgan fingerprint density at radius 1 is 1.50 bits per heavy atom. The predicted octanol–water partition coefficient (Wildman–Crippen LogP) is -0.451. The molecule has 0 unspecified atom stereocenters. The van der Waals surface area contributed by atoms with Gasteiger partial charge in [-0.1, -0.05) is 0 Å². The third-order valence-corrected chi connectivity index (χ3v) is 1.52. The molecule has 0 atom stereocenters. The van der Waals surface area contributed by atoms with Crippen LogP contribution in [0.15, 0.2) is 0 Å². The third-order valence-electron chi connectivity index (χ3n) is 1.52. The van der Waals surface area contributed by atoms with Gasteiger partial charge in [0.15, 0.2) is 0 Å². The van der Waals surface area contributed by atoms with Crippen LogP contribution in [0.1, 0.15) is 0 Å². The van der Waals surface area contributed by atoms with Crippen LogP contribution in [0.5, 0.6) is 0 Å². The summed E-state index contributed by atoms with van der Waals surface area (Å²) in [4.78, 5) is 12.1.